The van der Waals surface area contributed by atoms with Crippen LogP contribution in [-0.2, 0) is 19.4 Å². The number of fused-ring (bicyclic) bond motifs is 1. The molecule has 0 unspecified atom stereocenters. The summed E-state index contributed by atoms with van der Waals surface area (Å²) in [7, 11) is 0. The van der Waals surface area contributed by atoms with Crippen LogP contribution < -0.4 is 10.6 Å². The Kier molecular flexibility index (Phi) is 8.02. The minimum absolute atomic E-state index is 0.0924. The molecule has 1 aliphatic heterocycles. The van der Waals surface area contributed by atoms with Crippen LogP contribution in [0.4, 0.5) is 14.5 Å². The molecule has 40 heavy (non-hydrogen) atoms. The van der Waals surface area contributed by atoms with Gasteiger partial charge < -0.3 is 10.6 Å². The van der Waals surface area contributed by atoms with Crippen molar-refractivity contribution in [3.05, 3.63) is 76.6 Å². The van der Waals surface area contributed by atoms with Crippen LogP contribution in [0.25, 0.3) is 5.57 Å². The summed E-state index contributed by atoms with van der Waals surface area (Å²) in [5, 5.41) is 13.0. The lowest BCUT2D eigenvalue weighted by molar-refractivity contribution is 0.0115. The molecule has 2 amide bonds. The van der Waals surface area contributed by atoms with Gasteiger partial charge >= 0.3 is 0 Å². The SMILES string of the molecule is CCC(CC)NC(=O)c1ccc(NC(=O)c2n[nH]c3c2CC(c2cncc(CN4CCC(F)(F)C4)c2)=CC3)cn1. The number of nitrogens with one attached hydrogen (secondary N) is 3. The molecule has 0 bridgehead atoms. The van der Waals surface area contributed by atoms with E-state index in [4.69, 9.17) is 0 Å². The Morgan fingerprint density at radius 3 is 2.67 bits per heavy atom. The number of allylic oxidation sites excluding steroid dienone is 2. The number of hydrogen-bond donors (Lipinski definition) is 3. The predicted molar refractivity (Wildman–Crippen MR) is 147 cm³/mol. The van der Waals surface area contributed by atoms with Crippen LogP contribution in [0.1, 0.15) is 76.5 Å². The van der Waals surface area contributed by atoms with Gasteiger partial charge in [-0.3, -0.25) is 24.6 Å². The molecule has 0 saturated carbocycles. The number of aromatic amines is 1. The number of alkyl halides is 2. The molecule has 0 aromatic carbocycles. The smallest absolute Gasteiger partial charge is 0.276 e. The molecular formula is C29H33F2N7O2. The van der Waals surface area contributed by atoms with Gasteiger partial charge in [0.15, 0.2) is 5.69 Å². The van der Waals surface area contributed by atoms with E-state index in [0.717, 1.165) is 40.8 Å². The van der Waals surface area contributed by atoms with Crippen molar-refractivity contribution in [1.82, 2.24) is 30.4 Å². The number of likely N-dealkylation sites (tertiary alicyclic amines) is 1. The number of rotatable bonds is 9. The maximum atomic E-state index is 13.6. The van der Waals surface area contributed by atoms with E-state index in [-0.39, 0.29) is 36.5 Å². The zero-order valence-corrected chi connectivity index (χ0v) is 22.6. The van der Waals surface area contributed by atoms with E-state index < -0.39 is 5.92 Å². The normalized spacial score (nSPS) is 16.5. The highest BCUT2D eigenvalue weighted by atomic mass is 19.3. The van der Waals surface area contributed by atoms with Crippen LogP contribution in [0.3, 0.4) is 0 Å². The average molecular weight is 550 g/mol. The first-order valence-corrected chi connectivity index (χ1v) is 13.6. The molecule has 3 aromatic heterocycles. The van der Waals surface area contributed by atoms with Crippen molar-refractivity contribution in [3.63, 3.8) is 0 Å². The van der Waals surface area contributed by atoms with E-state index >= 15 is 0 Å². The molecule has 3 aromatic rings. The Morgan fingerprint density at radius 2 is 1.98 bits per heavy atom. The summed E-state index contributed by atoms with van der Waals surface area (Å²) in [5.41, 5.74) is 5.46. The Bertz CT molecular complexity index is 1410. The first-order chi connectivity index (χ1) is 19.2. The molecule has 210 valence electrons. The fourth-order valence-electron chi connectivity index (χ4n) is 5.15. The van der Waals surface area contributed by atoms with E-state index in [9.17, 15) is 18.4 Å². The fourth-order valence-corrected chi connectivity index (χ4v) is 5.15. The minimum Gasteiger partial charge on any atom is -0.348 e. The first-order valence-electron chi connectivity index (χ1n) is 13.6. The zero-order chi connectivity index (χ0) is 28.3. The van der Waals surface area contributed by atoms with Crippen molar-refractivity contribution >= 4 is 23.1 Å². The van der Waals surface area contributed by atoms with Crippen LogP contribution in [-0.4, -0.2) is 61.9 Å². The molecule has 0 atom stereocenters. The van der Waals surface area contributed by atoms with Crippen LogP contribution in [0.2, 0.25) is 0 Å². The molecule has 9 nitrogen and oxygen atoms in total. The quantitative estimate of drug-likeness (QED) is 0.365. The summed E-state index contributed by atoms with van der Waals surface area (Å²) in [6.45, 7) is 4.58. The Hall–Kier alpha value is -3.99. The summed E-state index contributed by atoms with van der Waals surface area (Å²) in [6, 6.07) is 5.30. The van der Waals surface area contributed by atoms with Gasteiger partial charge in [-0.15, -0.1) is 0 Å². The lowest BCUT2D eigenvalue weighted by atomic mass is 9.90. The Labute approximate surface area is 231 Å². The molecule has 2 aliphatic rings. The molecule has 3 N–H and O–H groups in total. The number of anilines is 1. The number of pyridine rings is 2. The standard InChI is InChI=1S/C29H33F2N7O2/c1-3-21(4-2)34-27(39)25-8-6-22(15-33-25)35-28(40)26-23-12-19(5-7-24(23)36-37-26)20-11-18(13-32-14-20)16-38-10-9-29(30,31)17-38/h5-6,8,11,13-15,21H,3-4,7,9-10,12,16-17H2,1-2H3,(H,34,39)(H,35,40)(H,36,37). The summed E-state index contributed by atoms with van der Waals surface area (Å²) in [5.74, 6) is -3.26. The third-order valence-corrected chi connectivity index (χ3v) is 7.48. The van der Waals surface area contributed by atoms with Crippen molar-refractivity contribution in [3.8, 4) is 0 Å². The molecule has 4 heterocycles. The maximum absolute atomic E-state index is 13.6. The van der Waals surface area contributed by atoms with Crippen LogP contribution >= 0.6 is 0 Å². The van der Waals surface area contributed by atoms with Gasteiger partial charge in [0, 0.05) is 62.0 Å². The van der Waals surface area contributed by atoms with E-state index in [0.29, 0.717) is 37.3 Å². The third kappa shape index (κ3) is 6.25. The number of H-pyrrole nitrogens is 1. The van der Waals surface area contributed by atoms with Gasteiger partial charge in [0.1, 0.15) is 5.69 Å². The van der Waals surface area contributed by atoms with Gasteiger partial charge in [0.05, 0.1) is 18.4 Å². The fraction of sp³-hybridized carbons (Fsp3) is 0.414. The monoisotopic (exact) mass is 549 g/mol. The third-order valence-electron chi connectivity index (χ3n) is 7.48. The molecule has 1 fully saturated rings. The number of carbonyl (C=O) groups excluding carboxylic acids is 2. The minimum atomic E-state index is -2.63. The Morgan fingerprint density at radius 1 is 1.15 bits per heavy atom. The number of nitrogens with zero attached hydrogens (tertiary/aromatic N) is 4. The van der Waals surface area contributed by atoms with Crippen molar-refractivity contribution in [2.75, 3.05) is 18.4 Å². The van der Waals surface area contributed by atoms with Gasteiger partial charge in [-0.2, -0.15) is 5.10 Å². The van der Waals surface area contributed by atoms with Gasteiger partial charge in [-0.1, -0.05) is 19.9 Å². The molecular weight excluding hydrogens is 516 g/mol. The predicted octanol–water partition coefficient (Wildman–Crippen LogP) is 4.39. The molecule has 5 rings (SSSR count). The Balaban J connectivity index is 1.24. The van der Waals surface area contributed by atoms with Gasteiger partial charge in [0.2, 0.25) is 0 Å². The van der Waals surface area contributed by atoms with Crippen molar-refractivity contribution in [2.45, 2.75) is 64.5 Å². The number of halogens is 2. The highest BCUT2D eigenvalue weighted by Crippen LogP contribution is 2.31. The van der Waals surface area contributed by atoms with Gasteiger partial charge in [-0.25, -0.2) is 13.8 Å². The molecule has 11 heteroatoms. The van der Waals surface area contributed by atoms with Crippen LogP contribution in [0.5, 0.6) is 0 Å². The largest absolute Gasteiger partial charge is 0.348 e. The van der Waals surface area contributed by atoms with Gasteiger partial charge in [0.25, 0.3) is 17.7 Å². The summed E-state index contributed by atoms with van der Waals surface area (Å²) in [6.07, 6.45) is 9.61. The van der Waals surface area contributed by atoms with E-state index in [1.807, 2.05) is 19.9 Å². The molecule has 1 aliphatic carbocycles. The van der Waals surface area contributed by atoms with Crippen molar-refractivity contribution in [2.24, 2.45) is 0 Å². The first kappa shape index (κ1) is 27.6. The molecule has 0 spiro atoms. The summed E-state index contributed by atoms with van der Waals surface area (Å²) < 4.78 is 27.2. The lowest BCUT2D eigenvalue weighted by Gasteiger charge is -2.18. The highest BCUT2D eigenvalue weighted by molar-refractivity contribution is 6.04. The summed E-state index contributed by atoms with van der Waals surface area (Å²) in [4.78, 5) is 35.9. The van der Waals surface area contributed by atoms with Crippen LogP contribution in [0, 0.1) is 0 Å². The topological polar surface area (TPSA) is 116 Å². The number of aromatic nitrogens is 4. The molecule has 1 saturated heterocycles. The van der Waals surface area contributed by atoms with Crippen molar-refractivity contribution in [1.29, 1.82) is 0 Å². The van der Waals surface area contributed by atoms with Crippen LogP contribution in [0.15, 0.2) is 42.9 Å². The lowest BCUT2D eigenvalue weighted by Crippen LogP contribution is -2.34. The highest BCUT2D eigenvalue weighted by Gasteiger charge is 2.38. The van der Waals surface area contributed by atoms with E-state index in [1.54, 1.807) is 29.4 Å². The second kappa shape index (κ2) is 11.6. The van der Waals surface area contributed by atoms with Crippen molar-refractivity contribution < 1.29 is 18.4 Å². The molecule has 0 radical (unpaired) electrons. The van der Waals surface area contributed by atoms with E-state index in [2.05, 4.69) is 36.9 Å². The second-order valence-electron chi connectivity index (χ2n) is 10.4. The summed E-state index contributed by atoms with van der Waals surface area (Å²) >= 11 is 0. The second-order valence-corrected chi connectivity index (χ2v) is 10.4. The number of amides is 2. The number of hydrogen-bond acceptors (Lipinski definition) is 6. The average Bonchev–Trinajstić information content (AvgIpc) is 3.53. The van der Waals surface area contributed by atoms with E-state index in [1.165, 1.54) is 6.20 Å². The van der Waals surface area contributed by atoms with Gasteiger partial charge in [-0.05, 0) is 47.7 Å². The zero-order valence-electron chi connectivity index (χ0n) is 22.6. The number of carbonyl (C=O) groups is 2. The maximum Gasteiger partial charge on any atom is 0.276 e.